The van der Waals surface area contributed by atoms with Gasteiger partial charge in [-0.3, -0.25) is 5.32 Å². The maximum absolute atomic E-state index is 3.42. The lowest BCUT2D eigenvalue weighted by molar-refractivity contribution is 0.627. The van der Waals surface area contributed by atoms with E-state index < -0.39 is 0 Å². The lowest BCUT2D eigenvalue weighted by atomic mass is 10.00. The molecule has 0 amide bonds. The Morgan fingerprint density at radius 1 is 1.12 bits per heavy atom. The van der Waals surface area contributed by atoms with E-state index in [0.29, 0.717) is 6.04 Å². The molecule has 0 aromatic heterocycles. The summed E-state index contributed by atoms with van der Waals surface area (Å²) in [6.07, 6.45) is 0. The van der Waals surface area contributed by atoms with Gasteiger partial charge < -0.3 is 0 Å². The zero-order valence-corrected chi connectivity index (χ0v) is 10.3. The summed E-state index contributed by atoms with van der Waals surface area (Å²) in [5.74, 6) is 5.94. The second kappa shape index (κ2) is 5.52. The molecule has 0 unspecified atom stereocenters. The Labute approximate surface area is 103 Å². The second-order valence-corrected chi connectivity index (χ2v) is 4.10. The van der Waals surface area contributed by atoms with Gasteiger partial charge in [0.1, 0.15) is 0 Å². The van der Waals surface area contributed by atoms with E-state index in [-0.39, 0.29) is 0 Å². The molecule has 0 fully saturated rings. The lowest BCUT2D eigenvalue weighted by Crippen LogP contribution is -2.18. The highest BCUT2D eigenvalue weighted by molar-refractivity contribution is 5.86. The number of nitrogens with one attached hydrogen (secondary N) is 1. The zero-order chi connectivity index (χ0) is 12.1. The van der Waals surface area contributed by atoms with Crippen LogP contribution in [0.25, 0.3) is 10.8 Å². The molecule has 0 aliphatic rings. The Kier molecular flexibility index (Phi) is 3.80. The van der Waals surface area contributed by atoms with Gasteiger partial charge in [0.25, 0.3) is 0 Å². The molecule has 86 valence electrons. The monoisotopic (exact) mass is 223 g/mol. The van der Waals surface area contributed by atoms with Crippen molar-refractivity contribution in [3.05, 3.63) is 48.0 Å². The van der Waals surface area contributed by atoms with Gasteiger partial charge >= 0.3 is 0 Å². The van der Waals surface area contributed by atoms with E-state index in [0.717, 1.165) is 6.54 Å². The van der Waals surface area contributed by atoms with Crippen molar-refractivity contribution in [3.63, 3.8) is 0 Å². The lowest BCUT2D eigenvalue weighted by Gasteiger charge is -2.14. The van der Waals surface area contributed by atoms with Crippen molar-refractivity contribution in [2.75, 3.05) is 6.54 Å². The van der Waals surface area contributed by atoms with E-state index in [1.165, 1.54) is 16.3 Å². The van der Waals surface area contributed by atoms with Crippen LogP contribution in [0.4, 0.5) is 0 Å². The first-order valence-corrected chi connectivity index (χ1v) is 5.93. The minimum Gasteiger partial charge on any atom is -0.300 e. The van der Waals surface area contributed by atoms with Gasteiger partial charge in [0, 0.05) is 6.04 Å². The Morgan fingerprint density at radius 3 is 2.71 bits per heavy atom. The minimum atomic E-state index is 0.321. The third-order valence-electron chi connectivity index (χ3n) is 2.96. The maximum atomic E-state index is 3.42. The maximum Gasteiger partial charge on any atom is 0.0581 e. The molecule has 0 spiro atoms. The fraction of sp³-hybridized carbons (Fsp3) is 0.250. The molecule has 2 aromatic carbocycles. The summed E-state index contributed by atoms with van der Waals surface area (Å²) < 4.78 is 0. The fourth-order valence-electron chi connectivity index (χ4n) is 2.03. The summed E-state index contributed by atoms with van der Waals surface area (Å²) in [5, 5.41) is 6.03. The van der Waals surface area contributed by atoms with Gasteiger partial charge in [0.05, 0.1) is 6.54 Å². The van der Waals surface area contributed by atoms with Crippen molar-refractivity contribution in [2.45, 2.75) is 19.9 Å². The average Bonchev–Trinajstić information content (AvgIpc) is 2.38. The largest absolute Gasteiger partial charge is 0.300 e. The van der Waals surface area contributed by atoms with Crippen LogP contribution in [0, 0.1) is 11.8 Å². The van der Waals surface area contributed by atoms with Crippen LogP contribution < -0.4 is 5.32 Å². The average molecular weight is 223 g/mol. The van der Waals surface area contributed by atoms with E-state index in [4.69, 9.17) is 0 Å². The molecule has 1 nitrogen and oxygen atoms in total. The summed E-state index contributed by atoms with van der Waals surface area (Å²) in [4.78, 5) is 0. The Hall–Kier alpha value is -1.78. The molecule has 0 radical (unpaired) electrons. The molecule has 0 saturated carbocycles. The quantitative estimate of drug-likeness (QED) is 0.785. The highest BCUT2D eigenvalue weighted by atomic mass is 14.9. The normalized spacial score (nSPS) is 11.9. The molecule has 0 bridgehead atoms. The fourth-order valence-corrected chi connectivity index (χ4v) is 2.03. The van der Waals surface area contributed by atoms with E-state index in [2.05, 4.69) is 66.5 Å². The van der Waals surface area contributed by atoms with Crippen molar-refractivity contribution in [1.82, 2.24) is 5.32 Å². The summed E-state index contributed by atoms with van der Waals surface area (Å²) >= 11 is 0. The molecule has 2 aromatic rings. The molecule has 1 N–H and O–H groups in total. The molecule has 0 aliphatic heterocycles. The van der Waals surface area contributed by atoms with Crippen LogP contribution in [0.2, 0.25) is 0 Å². The van der Waals surface area contributed by atoms with Crippen molar-refractivity contribution in [1.29, 1.82) is 0 Å². The predicted molar refractivity (Wildman–Crippen MR) is 73.8 cm³/mol. The Morgan fingerprint density at radius 2 is 1.88 bits per heavy atom. The first kappa shape index (κ1) is 11.7. The van der Waals surface area contributed by atoms with Crippen molar-refractivity contribution >= 4 is 10.8 Å². The summed E-state index contributed by atoms with van der Waals surface area (Å²) in [5.41, 5.74) is 1.33. The van der Waals surface area contributed by atoms with Crippen LogP contribution in [0.15, 0.2) is 42.5 Å². The Balaban J connectivity index is 2.30. The predicted octanol–water partition coefficient (Wildman–Crippen LogP) is 3.51. The van der Waals surface area contributed by atoms with Gasteiger partial charge in [0.15, 0.2) is 0 Å². The molecular formula is C16H17N. The summed E-state index contributed by atoms with van der Waals surface area (Å²) in [7, 11) is 0. The number of fused-ring (bicyclic) bond motifs is 1. The van der Waals surface area contributed by atoms with Gasteiger partial charge in [-0.25, -0.2) is 0 Å². The van der Waals surface area contributed by atoms with Gasteiger partial charge in [-0.15, -0.1) is 5.92 Å². The number of benzene rings is 2. The van der Waals surface area contributed by atoms with Crippen LogP contribution >= 0.6 is 0 Å². The highest BCUT2D eigenvalue weighted by Crippen LogP contribution is 2.23. The number of hydrogen-bond acceptors (Lipinski definition) is 1. The van der Waals surface area contributed by atoms with Gasteiger partial charge in [-0.05, 0) is 30.2 Å². The minimum absolute atomic E-state index is 0.321. The van der Waals surface area contributed by atoms with E-state index in [1.807, 2.05) is 6.92 Å². The number of rotatable bonds is 3. The second-order valence-electron chi connectivity index (χ2n) is 4.10. The molecule has 0 saturated heterocycles. The molecule has 17 heavy (non-hydrogen) atoms. The van der Waals surface area contributed by atoms with E-state index in [9.17, 15) is 0 Å². The molecule has 0 aliphatic carbocycles. The zero-order valence-electron chi connectivity index (χ0n) is 10.3. The Bertz CT molecular complexity index is 555. The summed E-state index contributed by atoms with van der Waals surface area (Å²) in [6.45, 7) is 4.78. The van der Waals surface area contributed by atoms with Crippen LogP contribution in [-0.2, 0) is 0 Å². The van der Waals surface area contributed by atoms with Crippen molar-refractivity contribution in [2.24, 2.45) is 0 Å². The van der Waals surface area contributed by atoms with Gasteiger partial charge in [0.2, 0.25) is 0 Å². The third kappa shape index (κ3) is 2.67. The standard InChI is InChI=1S/C16H17N/c1-3-4-12-17-13(2)15-11-7-9-14-8-5-6-10-16(14)15/h5-11,13,17H,12H2,1-2H3/t13-/m1/s1. The topological polar surface area (TPSA) is 12.0 Å². The van der Waals surface area contributed by atoms with Crippen LogP contribution in [-0.4, -0.2) is 6.54 Å². The SMILES string of the molecule is CC#CCN[C@H](C)c1cccc2ccccc12. The molecular weight excluding hydrogens is 206 g/mol. The summed E-state index contributed by atoms with van der Waals surface area (Å²) in [6, 6.07) is 15.3. The van der Waals surface area contributed by atoms with Crippen molar-refractivity contribution in [3.8, 4) is 11.8 Å². The third-order valence-corrected chi connectivity index (χ3v) is 2.96. The van der Waals surface area contributed by atoms with Gasteiger partial charge in [-0.1, -0.05) is 48.4 Å². The first-order valence-electron chi connectivity index (χ1n) is 5.93. The smallest absolute Gasteiger partial charge is 0.0581 e. The van der Waals surface area contributed by atoms with Crippen LogP contribution in [0.1, 0.15) is 25.5 Å². The van der Waals surface area contributed by atoms with E-state index in [1.54, 1.807) is 0 Å². The van der Waals surface area contributed by atoms with Crippen LogP contribution in [0.5, 0.6) is 0 Å². The molecule has 1 heteroatoms. The van der Waals surface area contributed by atoms with Crippen molar-refractivity contribution < 1.29 is 0 Å². The number of hydrogen-bond donors (Lipinski definition) is 1. The molecule has 2 rings (SSSR count). The van der Waals surface area contributed by atoms with Crippen LogP contribution in [0.3, 0.4) is 0 Å². The first-order chi connectivity index (χ1) is 8.33. The highest BCUT2D eigenvalue weighted by Gasteiger charge is 2.07. The molecule has 1 atom stereocenters. The molecule has 0 heterocycles. The van der Waals surface area contributed by atoms with E-state index >= 15 is 0 Å². The van der Waals surface area contributed by atoms with Gasteiger partial charge in [-0.2, -0.15) is 0 Å².